The van der Waals surface area contributed by atoms with E-state index in [1.807, 2.05) is 4.90 Å². The first-order valence-corrected chi connectivity index (χ1v) is 5.53. The Morgan fingerprint density at radius 1 is 1.44 bits per heavy atom. The Hall–Kier alpha value is -1.43. The minimum atomic E-state index is 0.164. The third kappa shape index (κ3) is 2.79. The fourth-order valence-electron chi connectivity index (χ4n) is 1.72. The molecule has 0 bridgehead atoms. The molecule has 6 heteroatoms. The predicted octanol–water partition coefficient (Wildman–Crippen LogP) is -0.258. The van der Waals surface area contributed by atoms with Crippen molar-refractivity contribution in [3.63, 3.8) is 0 Å². The van der Waals surface area contributed by atoms with Gasteiger partial charge in [0.1, 0.15) is 0 Å². The number of aromatic nitrogens is 2. The molecule has 1 saturated heterocycles. The molecule has 1 aromatic rings. The Labute approximate surface area is 94.0 Å². The fraction of sp³-hybridized carbons (Fsp3) is 0.700. The molecular formula is C10H16N4O2. The molecule has 0 atom stereocenters. The second-order valence-corrected chi connectivity index (χ2v) is 3.85. The number of hydrogen-bond donors (Lipinski definition) is 1. The molecule has 2 heterocycles. The van der Waals surface area contributed by atoms with Gasteiger partial charge in [0, 0.05) is 45.9 Å². The molecule has 1 aliphatic rings. The molecule has 0 radical (unpaired) electrons. The average molecular weight is 224 g/mol. The molecule has 88 valence electrons. The topological polar surface area (TPSA) is 71.3 Å². The first kappa shape index (κ1) is 11.1. The van der Waals surface area contributed by atoms with E-state index in [-0.39, 0.29) is 5.91 Å². The van der Waals surface area contributed by atoms with Crippen LogP contribution in [0.5, 0.6) is 0 Å². The van der Waals surface area contributed by atoms with E-state index in [9.17, 15) is 4.79 Å². The van der Waals surface area contributed by atoms with Crippen LogP contribution in [0.15, 0.2) is 4.42 Å². The van der Waals surface area contributed by atoms with Crippen LogP contribution in [0.25, 0.3) is 0 Å². The van der Waals surface area contributed by atoms with Gasteiger partial charge in [0.15, 0.2) is 0 Å². The Kier molecular flexibility index (Phi) is 3.51. The highest BCUT2D eigenvalue weighted by molar-refractivity contribution is 5.76. The van der Waals surface area contributed by atoms with Crippen LogP contribution in [0.2, 0.25) is 0 Å². The van der Waals surface area contributed by atoms with Gasteiger partial charge in [0.05, 0.1) is 0 Å². The maximum Gasteiger partial charge on any atom is 0.223 e. The summed E-state index contributed by atoms with van der Waals surface area (Å²) >= 11 is 0. The van der Waals surface area contributed by atoms with Crippen molar-refractivity contribution < 1.29 is 9.21 Å². The zero-order valence-electron chi connectivity index (χ0n) is 9.40. The first-order chi connectivity index (χ1) is 7.75. The predicted molar refractivity (Wildman–Crippen MR) is 56.8 cm³/mol. The highest BCUT2D eigenvalue weighted by Gasteiger charge is 2.16. The highest BCUT2D eigenvalue weighted by atomic mass is 16.4. The van der Waals surface area contributed by atoms with Gasteiger partial charge in [-0.05, 0) is 0 Å². The summed E-state index contributed by atoms with van der Waals surface area (Å²) in [5.74, 6) is 1.25. The SMILES string of the molecule is Cc1nnc(CCC(=O)N2CCNCC2)o1. The standard InChI is InChI=1S/C10H16N4O2/c1-8-12-13-9(16-8)2-3-10(15)14-6-4-11-5-7-14/h11H,2-7H2,1H3. The summed E-state index contributed by atoms with van der Waals surface area (Å²) < 4.78 is 5.22. The smallest absolute Gasteiger partial charge is 0.223 e. The Morgan fingerprint density at radius 3 is 2.81 bits per heavy atom. The summed E-state index contributed by atoms with van der Waals surface area (Å²) in [5.41, 5.74) is 0. The molecule has 6 nitrogen and oxygen atoms in total. The molecule has 0 aromatic carbocycles. The molecule has 1 N–H and O–H groups in total. The summed E-state index contributed by atoms with van der Waals surface area (Å²) in [6.45, 7) is 5.09. The zero-order valence-corrected chi connectivity index (χ0v) is 9.40. The van der Waals surface area contributed by atoms with Crippen molar-refractivity contribution in [1.82, 2.24) is 20.4 Å². The minimum absolute atomic E-state index is 0.164. The van der Waals surface area contributed by atoms with Crippen molar-refractivity contribution >= 4 is 5.91 Å². The van der Waals surface area contributed by atoms with Crippen molar-refractivity contribution in [2.24, 2.45) is 0 Å². The number of nitrogens with one attached hydrogen (secondary N) is 1. The zero-order chi connectivity index (χ0) is 11.4. The maximum atomic E-state index is 11.8. The van der Waals surface area contributed by atoms with Crippen molar-refractivity contribution in [3.05, 3.63) is 11.8 Å². The lowest BCUT2D eigenvalue weighted by Crippen LogP contribution is -2.46. The summed E-state index contributed by atoms with van der Waals surface area (Å²) in [4.78, 5) is 13.7. The second kappa shape index (κ2) is 5.07. The van der Waals surface area contributed by atoms with Gasteiger partial charge in [-0.1, -0.05) is 0 Å². The Balaban J connectivity index is 1.78. The summed E-state index contributed by atoms with van der Waals surface area (Å²) in [6.07, 6.45) is 0.977. The third-order valence-electron chi connectivity index (χ3n) is 2.59. The molecule has 0 spiro atoms. The van der Waals surface area contributed by atoms with E-state index in [1.54, 1.807) is 6.92 Å². The lowest BCUT2D eigenvalue weighted by atomic mass is 10.2. The average Bonchev–Trinajstić information content (AvgIpc) is 2.73. The van der Waals surface area contributed by atoms with Crippen molar-refractivity contribution in [2.45, 2.75) is 19.8 Å². The molecule has 1 amide bonds. The number of carbonyl (C=O) groups excluding carboxylic acids is 1. The number of nitrogens with zero attached hydrogens (tertiary/aromatic N) is 3. The normalized spacial score (nSPS) is 16.4. The quantitative estimate of drug-likeness (QED) is 0.766. The monoisotopic (exact) mass is 224 g/mol. The number of hydrogen-bond acceptors (Lipinski definition) is 5. The molecule has 16 heavy (non-hydrogen) atoms. The van der Waals surface area contributed by atoms with Gasteiger partial charge in [0.2, 0.25) is 17.7 Å². The van der Waals surface area contributed by atoms with Crippen molar-refractivity contribution in [3.8, 4) is 0 Å². The molecule has 0 saturated carbocycles. The second-order valence-electron chi connectivity index (χ2n) is 3.85. The van der Waals surface area contributed by atoms with Crippen molar-refractivity contribution in [1.29, 1.82) is 0 Å². The Morgan fingerprint density at radius 2 is 2.19 bits per heavy atom. The largest absolute Gasteiger partial charge is 0.426 e. The number of amides is 1. The number of carbonyl (C=O) groups is 1. The van der Waals surface area contributed by atoms with Gasteiger partial charge in [-0.15, -0.1) is 10.2 Å². The van der Waals surface area contributed by atoms with Gasteiger partial charge < -0.3 is 14.6 Å². The van der Waals surface area contributed by atoms with Crippen LogP contribution in [-0.2, 0) is 11.2 Å². The molecule has 0 unspecified atom stereocenters. The molecule has 1 aliphatic heterocycles. The van der Waals surface area contributed by atoms with Crippen LogP contribution in [0.4, 0.5) is 0 Å². The van der Waals surface area contributed by atoms with E-state index in [1.165, 1.54) is 0 Å². The van der Waals surface area contributed by atoms with Crippen molar-refractivity contribution in [2.75, 3.05) is 26.2 Å². The van der Waals surface area contributed by atoms with E-state index in [0.717, 1.165) is 26.2 Å². The molecule has 1 aromatic heterocycles. The molecule has 0 aliphatic carbocycles. The van der Waals surface area contributed by atoms with Gasteiger partial charge in [0.25, 0.3) is 0 Å². The van der Waals surface area contributed by atoms with Crippen LogP contribution in [0, 0.1) is 6.92 Å². The maximum absolute atomic E-state index is 11.8. The van der Waals surface area contributed by atoms with Crippen LogP contribution in [0.1, 0.15) is 18.2 Å². The molecule has 1 fully saturated rings. The summed E-state index contributed by atoms with van der Waals surface area (Å²) in [6, 6.07) is 0. The van der Waals surface area contributed by atoms with Gasteiger partial charge in [-0.2, -0.15) is 0 Å². The van der Waals surface area contributed by atoms with E-state index in [4.69, 9.17) is 4.42 Å². The van der Waals surface area contributed by atoms with Crippen LogP contribution in [-0.4, -0.2) is 47.2 Å². The lowest BCUT2D eigenvalue weighted by Gasteiger charge is -2.27. The van der Waals surface area contributed by atoms with Gasteiger partial charge >= 0.3 is 0 Å². The van der Waals surface area contributed by atoms with Gasteiger partial charge in [-0.3, -0.25) is 4.79 Å². The van der Waals surface area contributed by atoms with Crippen LogP contribution >= 0.6 is 0 Å². The highest BCUT2D eigenvalue weighted by Crippen LogP contribution is 2.04. The number of rotatable bonds is 3. The lowest BCUT2D eigenvalue weighted by molar-refractivity contribution is -0.131. The molecule has 2 rings (SSSR count). The van der Waals surface area contributed by atoms with E-state index >= 15 is 0 Å². The summed E-state index contributed by atoms with van der Waals surface area (Å²) in [7, 11) is 0. The Bertz CT molecular complexity index is 357. The van der Waals surface area contributed by atoms with E-state index in [0.29, 0.717) is 24.6 Å². The van der Waals surface area contributed by atoms with Crippen LogP contribution < -0.4 is 5.32 Å². The van der Waals surface area contributed by atoms with E-state index in [2.05, 4.69) is 15.5 Å². The van der Waals surface area contributed by atoms with Crippen LogP contribution in [0.3, 0.4) is 0 Å². The first-order valence-electron chi connectivity index (χ1n) is 5.53. The minimum Gasteiger partial charge on any atom is -0.426 e. The number of piperazine rings is 1. The number of aryl methyl sites for hydroxylation is 2. The molecular weight excluding hydrogens is 208 g/mol. The summed E-state index contributed by atoms with van der Waals surface area (Å²) in [5, 5.41) is 10.8. The van der Waals surface area contributed by atoms with Gasteiger partial charge in [-0.25, -0.2) is 0 Å². The van der Waals surface area contributed by atoms with E-state index < -0.39 is 0 Å². The third-order valence-corrected chi connectivity index (χ3v) is 2.59. The fourth-order valence-corrected chi connectivity index (χ4v) is 1.72.